The molecule has 0 aromatic heterocycles. The first-order chi connectivity index (χ1) is 13.6. The van der Waals surface area contributed by atoms with Crippen LogP contribution in [0.2, 0.25) is 0 Å². The molecule has 2 aromatic rings. The molecule has 2 aromatic carbocycles. The van der Waals surface area contributed by atoms with E-state index in [0.717, 1.165) is 11.8 Å². The van der Waals surface area contributed by atoms with Crippen LogP contribution in [0.3, 0.4) is 0 Å². The summed E-state index contributed by atoms with van der Waals surface area (Å²) >= 11 is 0. The van der Waals surface area contributed by atoms with E-state index < -0.39 is 46.1 Å². The number of aryl methyl sites for hydroxylation is 2. The van der Waals surface area contributed by atoms with Crippen LogP contribution < -0.4 is 0 Å². The third-order valence-corrected chi connectivity index (χ3v) is 3.87. The first-order valence-corrected chi connectivity index (χ1v) is 8.36. The monoisotopic (exact) mass is 411 g/mol. The fourth-order valence-electron chi connectivity index (χ4n) is 2.48. The van der Waals surface area contributed by atoms with Gasteiger partial charge in [-0.3, -0.25) is 4.99 Å². The number of phenols is 1. The van der Waals surface area contributed by atoms with E-state index in [1.54, 1.807) is 19.9 Å². The SMILES string of the molecule is CCOC(=O)/C(C=Nc1cc(C)cc(C)c1O)=C(/O)c1cc(F)c(F)c(F)c1F. The molecular weight excluding hydrogens is 394 g/mol. The lowest BCUT2D eigenvalue weighted by atomic mass is 10.1. The molecule has 0 aliphatic carbocycles. The number of rotatable bonds is 5. The number of halogens is 4. The van der Waals surface area contributed by atoms with Gasteiger partial charge in [0, 0.05) is 6.21 Å². The summed E-state index contributed by atoms with van der Waals surface area (Å²) < 4.78 is 58.9. The molecule has 154 valence electrons. The molecule has 0 heterocycles. The third kappa shape index (κ3) is 4.56. The van der Waals surface area contributed by atoms with Crippen molar-refractivity contribution in [3.8, 4) is 5.75 Å². The second kappa shape index (κ2) is 8.76. The highest BCUT2D eigenvalue weighted by atomic mass is 19.2. The average molecular weight is 411 g/mol. The van der Waals surface area contributed by atoms with E-state index in [4.69, 9.17) is 4.74 Å². The van der Waals surface area contributed by atoms with Crippen molar-refractivity contribution in [1.29, 1.82) is 0 Å². The van der Waals surface area contributed by atoms with Crippen molar-refractivity contribution in [3.63, 3.8) is 0 Å². The number of carbonyl (C=O) groups excluding carboxylic acids is 1. The number of hydrogen-bond acceptors (Lipinski definition) is 5. The first kappa shape index (κ1) is 21.9. The maximum atomic E-state index is 14.0. The van der Waals surface area contributed by atoms with Crippen LogP contribution in [-0.2, 0) is 9.53 Å². The Morgan fingerprint density at radius 3 is 2.38 bits per heavy atom. The van der Waals surface area contributed by atoms with Gasteiger partial charge in [-0.1, -0.05) is 6.07 Å². The molecule has 0 bridgehead atoms. The van der Waals surface area contributed by atoms with Crippen molar-refractivity contribution in [2.45, 2.75) is 20.8 Å². The van der Waals surface area contributed by atoms with Gasteiger partial charge < -0.3 is 14.9 Å². The number of aliphatic hydroxyl groups is 1. The zero-order valence-corrected chi connectivity index (χ0v) is 15.7. The second-order valence-corrected chi connectivity index (χ2v) is 6.04. The summed E-state index contributed by atoms with van der Waals surface area (Å²) in [5.74, 6) is -10.5. The quantitative estimate of drug-likeness (QED) is 0.141. The molecule has 5 nitrogen and oxygen atoms in total. The molecule has 0 atom stereocenters. The van der Waals surface area contributed by atoms with Gasteiger partial charge in [0.15, 0.2) is 23.3 Å². The first-order valence-electron chi connectivity index (χ1n) is 8.36. The fourth-order valence-corrected chi connectivity index (χ4v) is 2.48. The predicted octanol–water partition coefficient (Wildman–Crippen LogP) is 4.80. The minimum atomic E-state index is -2.15. The lowest BCUT2D eigenvalue weighted by Crippen LogP contribution is -2.12. The average Bonchev–Trinajstić information content (AvgIpc) is 2.66. The van der Waals surface area contributed by atoms with Crippen LogP contribution in [-0.4, -0.2) is 29.0 Å². The van der Waals surface area contributed by atoms with E-state index in [-0.39, 0.29) is 24.1 Å². The summed E-state index contributed by atoms with van der Waals surface area (Å²) in [6.45, 7) is 4.66. The summed E-state index contributed by atoms with van der Waals surface area (Å²) in [7, 11) is 0. The van der Waals surface area contributed by atoms with Gasteiger partial charge in [0.1, 0.15) is 22.8 Å². The fraction of sp³-hybridized carbons (Fsp3) is 0.200. The van der Waals surface area contributed by atoms with E-state index in [2.05, 4.69) is 4.99 Å². The van der Waals surface area contributed by atoms with Crippen molar-refractivity contribution in [2.24, 2.45) is 4.99 Å². The van der Waals surface area contributed by atoms with Gasteiger partial charge in [-0.15, -0.1) is 0 Å². The number of hydrogen-bond donors (Lipinski definition) is 2. The number of nitrogens with zero attached hydrogens (tertiary/aromatic N) is 1. The van der Waals surface area contributed by atoms with Gasteiger partial charge in [0.05, 0.1) is 12.2 Å². The highest BCUT2D eigenvalue weighted by molar-refractivity contribution is 6.15. The maximum Gasteiger partial charge on any atom is 0.343 e. The summed E-state index contributed by atoms with van der Waals surface area (Å²) in [6, 6.07) is 3.34. The number of esters is 1. The summed E-state index contributed by atoms with van der Waals surface area (Å²) in [4.78, 5) is 16.1. The minimum absolute atomic E-state index is 0.0223. The Balaban J connectivity index is 2.67. The third-order valence-electron chi connectivity index (χ3n) is 3.87. The number of carbonyl (C=O) groups is 1. The summed E-state index contributed by atoms with van der Waals surface area (Å²) in [6.07, 6.45) is 0.750. The van der Waals surface area contributed by atoms with Gasteiger partial charge in [-0.05, 0) is 44.0 Å². The number of benzene rings is 2. The highest BCUT2D eigenvalue weighted by Gasteiger charge is 2.25. The molecule has 29 heavy (non-hydrogen) atoms. The van der Waals surface area contributed by atoms with Crippen LogP contribution in [0.5, 0.6) is 5.75 Å². The van der Waals surface area contributed by atoms with Gasteiger partial charge in [0.2, 0.25) is 0 Å². The van der Waals surface area contributed by atoms with E-state index in [1.807, 2.05) is 0 Å². The molecule has 0 radical (unpaired) electrons. The van der Waals surface area contributed by atoms with E-state index >= 15 is 0 Å². The summed E-state index contributed by atoms with van der Waals surface area (Å²) in [5.41, 5.74) is -0.617. The predicted molar refractivity (Wildman–Crippen MR) is 98.2 cm³/mol. The van der Waals surface area contributed by atoms with Crippen LogP contribution in [0.1, 0.15) is 23.6 Å². The van der Waals surface area contributed by atoms with Gasteiger partial charge >= 0.3 is 5.97 Å². The van der Waals surface area contributed by atoms with Crippen molar-refractivity contribution in [1.82, 2.24) is 0 Å². The maximum absolute atomic E-state index is 14.0. The van der Waals surface area contributed by atoms with E-state index in [9.17, 15) is 32.6 Å². The number of aliphatic hydroxyl groups excluding tert-OH is 1. The summed E-state index contributed by atoms with van der Waals surface area (Å²) in [5, 5.41) is 20.4. The Bertz CT molecular complexity index is 1030. The standard InChI is InChI=1S/C20H17F4NO4/c1-4-29-20(28)12(8-25-14-6-9(2)5-10(3)18(14)26)19(27)11-7-13(21)16(23)17(24)15(11)22/h5-8,26-27H,4H2,1-3H3/b19-12+,25-8?. The number of aromatic hydroxyl groups is 1. The van der Waals surface area contributed by atoms with Crippen LogP contribution in [0.25, 0.3) is 5.76 Å². The Morgan fingerprint density at radius 2 is 1.76 bits per heavy atom. The van der Waals surface area contributed by atoms with Gasteiger partial charge in [-0.2, -0.15) is 0 Å². The molecule has 0 amide bonds. The van der Waals surface area contributed by atoms with Gasteiger partial charge in [0.25, 0.3) is 0 Å². The molecule has 0 aliphatic rings. The highest BCUT2D eigenvalue weighted by Crippen LogP contribution is 2.32. The number of aliphatic imine (C=N–C) groups is 1. The topological polar surface area (TPSA) is 79.1 Å². The molecular formula is C20H17F4NO4. The minimum Gasteiger partial charge on any atom is -0.506 e. The molecule has 0 fully saturated rings. The second-order valence-electron chi connectivity index (χ2n) is 6.04. The van der Waals surface area contributed by atoms with Crippen LogP contribution in [0.15, 0.2) is 28.8 Å². The largest absolute Gasteiger partial charge is 0.506 e. The molecule has 0 spiro atoms. The van der Waals surface area contributed by atoms with E-state index in [0.29, 0.717) is 5.56 Å². The zero-order chi connectivity index (χ0) is 21.9. The van der Waals surface area contributed by atoms with Crippen LogP contribution >= 0.6 is 0 Å². The van der Waals surface area contributed by atoms with Crippen molar-refractivity contribution in [3.05, 3.63) is 63.7 Å². The zero-order valence-electron chi connectivity index (χ0n) is 15.7. The van der Waals surface area contributed by atoms with Gasteiger partial charge in [-0.25, -0.2) is 22.4 Å². The molecule has 0 aliphatic heterocycles. The van der Waals surface area contributed by atoms with Crippen molar-refractivity contribution >= 4 is 23.6 Å². The molecule has 0 saturated carbocycles. The normalized spacial score (nSPS) is 12.2. The van der Waals surface area contributed by atoms with Crippen LogP contribution in [0.4, 0.5) is 23.2 Å². The number of phenolic OH excluding ortho intramolecular Hbond substituents is 1. The van der Waals surface area contributed by atoms with Crippen molar-refractivity contribution in [2.75, 3.05) is 6.61 Å². The van der Waals surface area contributed by atoms with E-state index in [1.165, 1.54) is 13.0 Å². The van der Waals surface area contributed by atoms with Crippen molar-refractivity contribution < 1.29 is 37.3 Å². The lowest BCUT2D eigenvalue weighted by Gasteiger charge is -2.10. The Morgan fingerprint density at radius 1 is 1.10 bits per heavy atom. The lowest BCUT2D eigenvalue weighted by molar-refractivity contribution is -0.137. The molecule has 2 rings (SSSR count). The Kier molecular flexibility index (Phi) is 6.63. The number of ether oxygens (including phenoxy) is 1. The molecule has 0 unspecified atom stereocenters. The Labute approximate surface area is 163 Å². The smallest absolute Gasteiger partial charge is 0.343 e. The molecule has 9 heteroatoms. The molecule has 0 saturated heterocycles. The van der Waals surface area contributed by atoms with Crippen LogP contribution in [0, 0.1) is 37.1 Å². The Hall–Kier alpha value is -3.36. The molecule has 2 N–H and O–H groups in total.